The van der Waals surface area contributed by atoms with E-state index in [4.69, 9.17) is 14.2 Å². The molecular weight excluding hydrogens is 949 g/mol. The Hall–Kier alpha value is -1.85. The molecule has 0 fully saturated rings. The molecule has 0 saturated carbocycles. The maximum atomic E-state index is 12.9. The van der Waals surface area contributed by atoms with Gasteiger partial charge >= 0.3 is 17.9 Å². The summed E-state index contributed by atoms with van der Waals surface area (Å²) in [6.07, 6.45) is 79.7. The topological polar surface area (TPSA) is 78.9 Å². The molecule has 0 amide bonds. The summed E-state index contributed by atoms with van der Waals surface area (Å²) in [6, 6.07) is 0. The zero-order valence-corrected chi connectivity index (χ0v) is 52.5. The molecule has 0 aromatic heterocycles. The van der Waals surface area contributed by atoms with Crippen molar-refractivity contribution in [2.75, 3.05) is 13.2 Å². The second-order valence-electron chi connectivity index (χ2n) is 24.2. The van der Waals surface area contributed by atoms with E-state index in [1.54, 1.807) is 0 Å². The molecule has 0 aromatic rings. The lowest BCUT2D eigenvalue weighted by Gasteiger charge is -2.18. The van der Waals surface area contributed by atoms with Crippen LogP contribution in [0.15, 0.2) is 12.2 Å². The van der Waals surface area contributed by atoms with E-state index in [0.29, 0.717) is 19.3 Å². The highest BCUT2D eigenvalue weighted by molar-refractivity contribution is 5.71. The van der Waals surface area contributed by atoms with Crippen LogP contribution in [-0.4, -0.2) is 37.2 Å². The SMILES string of the molecule is CCCCC/C=C\CCCCCCCC(=O)OCC(COC(=O)CCCCCCCCCCCCCCCCCCCCCCCCCCCCCCCCC)OC(=O)CCCCCCCCCCCCCCCCCC. The van der Waals surface area contributed by atoms with Gasteiger partial charge < -0.3 is 14.2 Å². The lowest BCUT2D eigenvalue weighted by atomic mass is 10.0. The van der Waals surface area contributed by atoms with E-state index in [-0.39, 0.29) is 31.1 Å². The van der Waals surface area contributed by atoms with Crippen molar-refractivity contribution in [1.29, 1.82) is 0 Å². The smallest absolute Gasteiger partial charge is 0.306 e. The average Bonchev–Trinajstić information content (AvgIpc) is 3.43. The highest BCUT2D eigenvalue weighted by Crippen LogP contribution is 2.19. The molecule has 77 heavy (non-hydrogen) atoms. The lowest BCUT2D eigenvalue weighted by molar-refractivity contribution is -0.167. The Bertz CT molecular complexity index is 1200. The molecule has 0 spiro atoms. The second-order valence-corrected chi connectivity index (χ2v) is 24.2. The first-order valence-electron chi connectivity index (χ1n) is 35.2. The van der Waals surface area contributed by atoms with E-state index in [1.165, 1.54) is 302 Å². The molecule has 0 bridgehead atoms. The third-order valence-corrected chi connectivity index (χ3v) is 16.3. The van der Waals surface area contributed by atoms with Gasteiger partial charge in [0.1, 0.15) is 13.2 Å². The van der Waals surface area contributed by atoms with Crippen LogP contribution in [0, 0.1) is 0 Å². The molecule has 0 saturated heterocycles. The minimum absolute atomic E-state index is 0.0660. The van der Waals surface area contributed by atoms with Gasteiger partial charge in [-0.1, -0.05) is 354 Å². The number of allylic oxidation sites excluding steroid dienone is 2. The van der Waals surface area contributed by atoms with Crippen LogP contribution in [0.25, 0.3) is 0 Å². The van der Waals surface area contributed by atoms with Crippen LogP contribution < -0.4 is 0 Å². The van der Waals surface area contributed by atoms with Crippen molar-refractivity contribution in [3.05, 3.63) is 12.2 Å². The van der Waals surface area contributed by atoms with Gasteiger partial charge in [0.15, 0.2) is 6.10 Å². The third-order valence-electron chi connectivity index (χ3n) is 16.3. The largest absolute Gasteiger partial charge is 0.462 e. The van der Waals surface area contributed by atoms with Gasteiger partial charge in [0, 0.05) is 19.3 Å². The van der Waals surface area contributed by atoms with Crippen molar-refractivity contribution in [2.45, 2.75) is 412 Å². The van der Waals surface area contributed by atoms with Gasteiger partial charge in [-0.3, -0.25) is 14.4 Å². The number of ether oxygens (including phenoxy) is 3. The van der Waals surface area contributed by atoms with Gasteiger partial charge in [0.25, 0.3) is 0 Å². The number of carbonyl (C=O) groups excluding carboxylic acids is 3. The summed E-state index contributed by atoms with van der Waals surface area (Å²) < 4.78 is 16.9. The third kappa shape index (κ3) is 64.9. The lowest BCUT2D eigenvalue weighted by Crippen LogP contribution is -2.30. The number of hydrogen-bond acceptors (Lipinski definition) is 6. The summed E-state index contributed by atoms with van der Waals surface area (Å²) in [5.74, 6) is -0.844. The molecule has 0 N–H and O–H groups in total. The summed E-state index contributed by atoms with van der Waals surface area (Å²) in [4.78, 5) is 38.3. The van der Waals surface area contributed by atoms with E-state index in [1.807, 2.05) is 0 Å². The quantitative estimate of drug-likeness (QED) is 0.0261. The predicted molar refractivity (Wildman–Crippen MR) is 335 cm³/mol. The normalized spacial score (nSPS) is 12.0. The maximum Gasteiger partial charge on any atom is 0.306 e. The Balaban J connectivity index is 4.07. The van der Waals surface area contributed by atoms with Crippen molar-refractivity contribution < 1.29 is 28.6 Å². The molecular formula is C71H136O6. The molecule has 456 valence electrons. The summed E-state index contributed by atoms with van der Waals surface area (Å²) in [5.41, 5.74) is 0. The first kappa shape index (κ1) is 75.2. The molecule has 0 heterocycles. The minimum atomic E-state index is -0.769. The highest BCUT2D eigenvalue weighted by atomic mass is 16.6. The van der Waals surface area contributed by atoms with Gasteiger partial charge in [-0.15, -0.1) is 0 Å². The summed E-state index contributed by atoms with van der Waals surface area (Å²) >= 11 is 0. The standard InChI is InChI=1S/C71H136O6/c1-4-7-10-13-16-19-22-25-27-29-30-31-32-33-34-35-36-37-38-39-40-41-42-43-45-46-49-52-55-58-61-64-70(73)76-67-68(66-75-69(72)63-60-57-54-51-48-24-21-18-15-12-9-6-3)77-71(74)65-62-59-56-53-50-47-44-28-26-23-20-17-14-11-8-5-2/h18,21,68H,4-17,19-20,22-67H2,1-3H3/b21-18-. The van der Waals surface area contributed by atoms with E-state index in [9.17, 15) is 14.4 Å². The van der Waals surface area contributed by atoms with Gasteiger partial charge in [0.05, 0.1) is 0 Å². The molecule has 0 aliphatic heterocycles. The van der Waals surface area contributed by atoms with E-state index in [0.717, 1.165) is 64.2 Å². The molecule has 0 rings (SSSR count). The Morgan fingerprint density at radius 2 is 0.429 bits per heavy atom. The van der Waals surface area contributed by atoms with Crippen LogP contribution in [-0.2, 0) is 28.6 Å². The van der Waals surface area contributed by atoms with Gasteiger partial charge in [-0.05, 0) is 44.9 Å². The Morgan fingerprint density at radius 3 is 0.675 bits per heavy atom. The van der Waals surface area contributed by atoms with Crippen LogP contribution in [0.1, 0.15) is 406 Å². The molecule has 6 heteroatoms. The Labute approximate surface area is 481 Å². The van der Waals surface area contributed by atoms with Crippen molar-refractivity contribution in [3.8, 4) is 0 Å². The zero-order valence-electron chi connectivity index (χ0n) is 52.5. The number of hydrogen-bond donors (Lipinski definition) is 0. The Kier molecular flexibility index (Phi) is 65.1. The number of rotatable bonds is 66. The number of unbranched alkanes of at least 4 members (excludes halogenated alkanes) is 53. The van der Waals surface area contributed by atoms with Crippen LogP contribution in [0.5, 0.6) is 0 Å². The molecule has 1 unspecified atom stereocenters. The molecule has 0 aliphatic rings. The van der Waals surface area contributed by atoms with Gasteiger partial charge in [-0.25, -0.2) is 0 Å². The van der Waals surface area contributed by atoms with Crippen LogP contribution >= 0.6 is 0 Å². The summed E-state index contributed by atoms with van der Waals surface area (Å²) in [7, 11) is 0. The first-order valence-corrected chi connectivity index (χ1v) is 35.2. The van der Waals surface area contributed by atoms with Crippen molar-refractivity contribution in [1.82, 2.24) is 0 Å². The maximum absolute atomic E-state index is 12.9. The number of esters is 3. The van der Waals surface area contributed by atoms with E-state index < -0.39 is 6.10 Å². The van der Waals surface area contributed by atoms with Gasteiger partial charge in [-0.2, -0.15) is 0 Å². The fourth-order valence-electron chi connectivity index (χ4n) is 11.0. The van der Waals surface area contributed by atoms with Crippen molar-refractivity contribution >= 4 is 17.9 Å². The first-order chi connectivity index (χ1) is 38.0. The fraction of sp³-hybridized carbons (Fsp3) is 0.930. The summed E-state index contributed by atoms with van der Waals surface area (Å²) in [6.45, 7) is 6.69. The fourth-order valence-corrected chi connectivity index (χ4v) is 11.0. The molecule has 1 atom stereocenters. The number of carbonyl (C=O) groups is 3. The minimum Gasteiger partial charge on any atom is -0.462 e. The molecule has 0 aliphatic carbocycles. The Morgan fingerprint density at radius 1 is 0.247 bits per heavy atom. The second kappa shape index (κ2) is 66.7. The van der Waals surface area contributed by atoms with Crippen LogP contribution in [0.3, 0.4) is 0 Å². The van der Waals surface area contributed by atoms with Crippen molar-refractivity contribution in [2.24, 2.45) is 0 Å². The zero-order chi connectivity index (χ0) is 55.7. The van der Waals surface area contributed by atoms with Crippen molar-refractivity contribution in [3.63, 3.8) is 0 Å². The van der Waals surface area contributed by atoms with Gasteiger partial charge in [0.2, 0.25) is 0 Å². The van der Waals surface area contributed by atoms with E-state index in [2.05, 4.69) is 32.9 Å². The van der Waals surface area contributed by atoms with E-state index >= 15 is 0 Å². The van der Waals surface area contributed by atoms with Crippen LogP contribution in [0.2, 0.25) is 0 Å². The van der Waals surface area contributed by atoms with Crippen LogP contribution in [0.4, 0.5) is 0 Å². The molecule has 6 nitrogen and oxygen atoms in total. The average molecular weight is 1090 g/mol. The molecule has 0 radical (unpaired) electrons. The molecule has 0 aromatic carbocycles. The monoisotopic (exact) mass is 1090 g/mol. The predicted octanol–water partition coefficient (Wildman–Crippen LogP) is 24.0. The highest BCUT2D eigenvalue weighted by Gasteiger charge is 2.19. The summed E-state index contributed by atoms with van der Waals surface area (Å²) in [5, 5.41) is 0.